The third-order valence-electron chi connectivity index (χ3n) is 4.41. The molecule has 0 atom stereocenters. The maximum Gasteiger partial charge on any atom is 0.105 e. The van der Waals surface area contributed by atoms with Crippen LogP contribution >= 0.6 is 15.9 Å². The van der Waals surface area contributed by atoms with Gasteiger partial charge in [-0.1, -0.05) is 28.1 Å². The molecule has 1 aliphatic heterocycles. The van der Waals surface area contributed by atoms with Gasteiger partial charge in [0.2, 0.25) is 0 Å². The molecule has 0 amide bonds. The number of piperidine rings is 1. The van der Waals surface area contributed by atoms with Crippen LogP contribution in [0.25, 0.3) is 0 Å². The summed E-state index contributed by atoms with van der Waals surface area (Å²) < 4.78 is 3.44. The van der Waals surface area contributed by atoms with Gasteiger partial charge in [0.05, 0.1) is 0 Å². The van der Waals surface area contributed by atoms with E-state index in [2.05, 4.69) is 67.8 Å². The Morgan fingerprint density at radius 2 is 1.90 bits per heavy atom. The van der Waals surface area contributed by atoms with Gasteiger partial charge in [-0.3, -0.25) is 4.90 Å². The van der Waals surface area contributed by atoms with E-state index in [0.29, 0.717) is 0 Å². The van der Waals surface area contributed by atoms with Gasteiger partial charge in [0, 0.05) is 30.0 Å². The Kier molecular flexibility index (Phi) is 4.76. The number of aryl methyl sites for hydroxylation is 1. The number of imidazole rings is 1. The van der Waals surface area contributed by atoms with Crippen LogP contribution < -0.4 is 0 Å². The highest BCUT2D eigenvalue weighted by molar-refractivity contribution is 9.10. The number of halogens is 1. The zero-order chi connectivity index (χ0) is 14.7. The molecule has 112 valence electrons. The van der Waals surface area contributed by atoms with Crippen LogP contribution in [0.1, 0.15) is 24.2 Å². The van der Waals surface area contributed by atoms with Crippen LogP contribution in [0.2, 0.25) is 0 Å². The first-order valence-corrected chi connectivity index (χ1v) is 8.44. The Morgan fingerprint density at radius 3 is 2.52 bits per heavy atom. The lowest BCUT2D eigenvalue weighted by atomic mass is 9.96. The highest BCUT2D eigenvalue weighted by Gasteiger charge is 2.19. The second-order valence-corrected chi connectivity index (χ2v) is 6.89. The largest absolute Gasteiger partial charge is 0.335 e. The molecule has 1 aromatic heterocycles. The lowest BCUT2D eigenvalue weighted by molar-refractivity contribution is 0.166. The fourth-order valence-corrected chi connectivity index (χ4v) is 3.31. The minimum absolute atomic E-state index is 0.791. The highest BCUT2D eigenvalue weighted by atomic mass is 79.9. The fraction of sp³-hybridized carbons (Fsp3) is 0.471. The summed E-state index contributed by atoms with van der Waals surface area (Å²) in [4.78, 5) is 6.88. The van der Waals surface area contributed by atoms with Crippen LogP contribution in [-0.4, -0.2) is 27.5 Å². The van der Waals surface area contributed by atoms with Crippen LogP contribution in [0, 0.1) is 12.8 Å². The number of hydrogen-bond donors (Lipinski definition) is 0. The Morgan fingerprint density at radius 1 is 1.19 bits per heavy atom. The quantitative estimate of drug-likeness (QED) is 0.837. The van der Waals surface area contributed by atoms with Crippen LogP contribution in [0.4, 0.5) is 0 Å². The topological polar surface area (TPSA) is 21.1 Å². The number of aromatic nitrogens is 2. The van der Waals surface area contributed by atoms with Gasteiger partial charge in [-0.05, 0) is 56.5 Å². The van der Waals surface area contributed by atoms with Crippen LogP contribution in [0.3, 0.4) is 0 Å². The standard InChI is InChI=1S/C17H22BrN3/c1-14-19-8-11-21(14)13-16-6-9-20(10-7-16)12-15-2-4-17(18)5-3-15/h2-5,8,11,16H,6-7,9-10,12-13H2,1H3. The maximum atomic E-state index is 4.31. The molecule has 0 spiro atoms. The highest BCUT2D eigenvalue weighted by Crippen LogP contribution is 2.21. The Hall–Kier alpha value is -1.13. The van der Waals surface area contributed by atoms with Crippen LogP contribution in [-0.2, 0) is 13.1 Å². The molecule has 21 heavy (non-hydrogen) atoms. The van der Waals surface area contributed by atoms with Gasteiger partial charge >= 0.3 is 0 Å². The molecule has 2 aromatic rings. The Bertz CT molecular complexity index is 568. The summed E-state index contributed by atoms with van der Waals surface area (Å²) in [6.45, 7) is 6.69. The molecule has 0 aliphatic carbocycles. The molecule has 0 N–H and O–H groups in total. The molecule has 0 radical (unpaired) electrons. The smallest absolute Gasteiger partial charge is 0.105 e. The molecule has 0 bridgehead atoms. The van der Waals surface area contributed by atoms with E-state index in [1.807, 2.05) is 6.20 Å². The van der Waals surface area contributed by atoms with E-state index in [-0.39, 0.29) is 0 Å². The van der Waals surface area contributed by atoms with Crippen molar-refractivity contribution < 1.29 is 0 Å². The normalized spacial score (nSPS) is 17.2. The van der Waals surface area contributed by atoms with Crippen molar-refractivity contribution in [2.45, 2.75) is 32.9 Å². The third kappa shape index (κ3) is 3.95. The summed E-state index contributed by atoms with van der Waals surface area (Å²) in [5.74, 6) is 1.92. The van der Waals surface area contributed by atoms with E-state index < -0.39 is 0 Å². The van der Waals surface area contributed by atoms with Gasteiger partial charge in [-0.2, -0.15) is 0 Å². The molecule has 0 saturated carbocycles. The SMILES string of the molecule is Cc1nccn1CC1CCN(Cc2ccc(Br)cc2)CC1. The van der Waals surface area contributed by atoms with Crippen molar-refractivity contribution in [3.63, 3.8) is 0 Å². The summed E-state index contributed by atoms with van der Waals surface area (Å²) in [5, 5.41) is 0. The second kappa shape index (κ2) is 6.75. The van der Waals surface area contributed by atoms with Crippen LogP contribution in [0.5, 0.6) is 0 Å². The molecule has 1 aliphatic rings. The molecule has 3 rings (SSSR count). The zero-order valence-electron chi connectivity index (χ0n) is 12.5. The van der Waals surface area contributed by atoms with E-state index in [1.165, 1.54) is 31.5 Å². The summed E-state index contributed by atoms with van der Waals surface area (Å²) in [6, 6.07) is 8.68. The Labute approximate surface area is 135 Å². The minimum Gasteiger partial charge on any atom is -0.335 e. The summed E-state index contributed by atoms with van der Waals surface area (Å²) in [5.41, 5.74) is 1.40. The Balaban J connectivity index is 1.49. The van der Waals surface area contributed by atoms with Gasteiger partial charge in [0.1, 0.15) is 5.82 Å². The number of hydrogen-bond acceptors (Lipinski definition) is 2. The molecule has 4 heteroatoms. The monoisotopic (exact) mass is 347 g/mol. The number of benzene rings is 1. The third-order valence-corrected chi connectivity index (χ3v) is 4.93. The molecule has 1 saturated heterocycles. The van der Waals surface area contributed by atoms with E-state index in [1.54, 1.807) is 0 Å². The van der Waals surface area contributed by atoms with Crippen molar-refractivity contribution in [2.75, 3.05) is 13.1 Å². The first-order chi connectivity index (χ1) is 10.2. The van der Waals surface area contributed by atoms with Crippen molar-refractivity contribution >= 4 is 15.9 Å². The number of nitrogens with zero attached hydrogens (tertiary/aromatic N) is 3. The first-order valence-electron chi connectivity index (χ1n) is 7.65. The van der Waals surface area contributed by atoms with Gasteiger partial charge < -0.3 is 4.57 Å². The molecule has 3 nitrogen and oxygen atoms in total. The van der Waals surface area contributed by atoms with E-state index in [0.717, 1.165) is 29.3 Å². The minimum atomic E-state index is 0.791. The van der Waals surface area contributed by atoms with E-state index in [4.69, 9.17) is 0 Å². The van der Waals surface area contributed by atoms with Crippen molar-refractivity contribution in [1.29, 1.82) is 0 Å². The van der Waals surface area contributed by atoms with Gasteiger partial charge in [0.15, 0.2) is 0 Å². The lowest BCUT2D eigenvalue weighted by Gasteiger charge is -2.32. The maximum absolute atomic E-state index is 4.31. The first kappa shape index (κ1) is 14.8. The summed E-state index contributed by atoms with van der Waals surface area (Å²) >= 11 is 3.49. The number of rotatable bonds is 4. The van der Waals surface area contributed by atoms with Crippen molar-refractivity contribution in [1.82, 2.24) is 14.5 Å². The van der Waals surface area contributed by atoms with Crippen molar-refractivity contribution in [3.05, 3.63) is 52.5 Å². The fourth-order valence-electron chi connectivity index (χ4n) is 3.05. The number of likely N-dealkylation sites (tertiary alicyclic amines) is 1. The van der Waals surface area contributed by atoms with Crippen molar-refractivity contribution in [3.8, 4) is 0 Å². The molecule has 1 aromatic carbocycles. The van der Waals surface area contributed by atoms with E-state index in [9.17, 15) is 0 Å². The average molecular weight is 348 g/mol. The predicted octanol–water partition coefficient (Wildman–Crippen LogP) is 3.87. The molecule has 2 heterocycles. The van der Waals surface area contributed by atoms with Gasteiger partial charge in [-0.15, -0.1) is 0 Å². The van der Waals surface area contributed by atoms with E-state index >= 15 is 0 Å². The lowest BCUT2D eigenvalue weighted by Crippen LogP contribution is -2.34. The summed E-state index contributed by atoms with van der Waals surface area (Å²) in [7, 11) is 0. The molecule has 1 fully saturated rings. The van der Waals surface area contributed by atoms with Crippen molar-refractivity contribution in [2.24, 2.45) is 5.92 Å². The molecule has 0 unspecified atom stereocenters. The zero-order valence-corrected chi connectivity index (χ0v) is 14.1. The molecular weight excluding hydrogens is 326 g/mol. The second-order valence-electron chi connectivity index (χ2n) is 5.97. The average Bonchev–Trinajstić information content (AvgIpc) is 2.89. The van der Waals surface area contributed by atoms with Gasteiger partial charge in [-0.25, -0.2) is 4.98 Å². The van der Waals surface area contributed by atoms with Crippen LogP contribution in [0.15, 0.2) is 41.1 Å². The summed E-state index contributed by atoms with van der Waals surface area (Å²) in [6.07, 6.45) is 6.57. The molecular formula is C17H22BrN3. The predicted molar refractivity (Wildman–Crippen MR) is 89.1 cm³/mol. The van der Waals surface area contributed by atoms with Gasteiger partial charge in [0.25, 0.3) is 0 Å².